The molecule has 29 heavy (non-hydrogen) atoms. The fourth-order valence-corrected chi connectivity index (χ4v) is 5.97. The third kappa shape index (κ3) is 4.03. The van der Waals surface area contributed by atoms with Gasteiger partial charge in [-0.15, -0.1) is 10.2 Å². The van der Waals surface area contributed by atoms with E-state index in [0.29, 0.717) is 29.4 Å². The van der Waals surface area contributed by atoms with Crippen molar-refractivity contribution in [3.63, 3.8) is 0 Å². The summed E-state index contributed by atoms with van der Waals surface area (Å²) in [7, 11) is -2.13. The molecule has 0 bridgehead atoms. The van der Waals surface area contributed by atoms with Crippen LogP contribution >= 0.6 is 11.3 Å². The van der Waals surface area contributed by atoms with Gasteiger partial charge >= 0.3 is 0 Å². The zero-order chi connectivity index (χ0) is 20.4. The van der Waals surface area contributed by atoms with E-state index in [9.17, 15) is 12.8 Å². The number of hydrogen-bond donors (Lipinski definition) is 0. The third-order valence-corrected chi connectivity index (χ3v) is 7.94. The van der Waals surface area contributed by atoms with Crippen LogP contribution in [0, 0.1) is 5.82 Å². The van der Waals surface area contributed by atoms with Crippen LogP contribution in [0.4, 0.5) is 4.39 Å². The molecule has 0 N–H and O–H groups in total. The van der Waals surface area contributed by atoms with Gasteiger partial charge in [0.2, 0.25) is 10.0 Å². The summed E-state index contributed by atoms with van der Waals surface area (Å²) >= 11 is 1.32. The number of halogens is 1. The van der Waals surface area contributed by atoms with E-state index in [0.717, 1.165) is 17.8 Å². The minimum atomic E-state index is -3.64. The summed E-state index contributed by atoms with van der Waals surface area (Å²) in [6, 6.07) is 12.9. The van der Waals surface area contributed by atoms with E-state index in [1.54, 1.807) is 36.4 Å². The molecule has 0 amide bonds. The van der Waals surface area contributed by atoms with Gasteiger partial charge in [-0.3, -0.25) is 0 Å². The first-order chi connectivity index (χ1) is 14.0. The Morgan fingerprint density at radius 1 is 1.17 bits per heavy atom. The smallest absolute Gasteiger partial charge is 0.243 e. The number of nitrogens with zero attached hydrogens (tertiary/aromatic N) is 3. The van der Waals surface area contributed by atoms with Crippen molar-refractivity contribution < 1.29 is 17.5 Å². The zero-order valence-electron chi connectivity index (χ0n) is 15.8. The molecule has 1 fully saturated rings. The van der Waals surface area contributed by atoms with Crippen LogP contribution in [-0.4, -0.2) is 43.1 Å². The fourth-order valence-electron chi connectivity index (χ4n) is 3.42. The quantitative estimate of drug-likeness (QED) is 0.610. The molecule has 4 rings (SSSR count). The first-order valence-corrected chi connectivity index (χ1v) is 11.5. The van der Waals surface area contributed by atoms with E-state index in [1.807, 2.05) is 0 Å². The predicted molar refractivity (Wildman–Crippen MR) is 109 cm³/mol. The van der Waals surface area contributed by atoms with Gasteiger partial charge in [0.25, 0.3) is 0 Å². The van der Waals surface area contributed by atoms with Crippen molar-refractivity contribution in [3.05, 3.63) is 59.4 Å². The van der Waals surface area contributed by atoms with E-state index in [2.05, 4.69) is 10.2 Å². The minimum Gasteiger partial charge on any atom is -0.497 e. The van der Waals surface area contributed by atoms with Crippen molar-refractivity contribution in [3.8, 4) is 16.3 Å². The monoisotopic (exact) mass is 433 g/mol. The summed E-state index contributed by atoms with van der Waals surface area (Å²) in [5.41, 5.74) is 0.410. The highest BCUT2D eigenvalue weighted by molar-refractivity contribution is 7.89. The van der Waals surface area contributed by atoms with E-state index < -0.39 is 10.0 Å². The second kappa shape index (κ2) is 8.17. The van der Waals surface area contributed by atoms with Gasteiger partial charge in [-0.1, -0.05) is 29.5 Å². The molecule has 9 heteroatoms. The standard InChI is InChI=1S/C20H20FN3O3S2/c1-27-15-7-4-8-16(12-15)29(25,26)24-11-5-6-14(13-24)19-22-23-20(28-19)17-9-2-3-10-18(17)21/h2-4,7-10,12,14H,5-6,11,13H2,1H3. The Morgan fingerprint density at radius 3 is 2.79 bits per heavy atom. The number of hydrogen-bond acceptors (Lipinski definition) is 6. The highest BCUT2D eigenvalue weighted by Gasteiger charge is 2.32. The van der Waals surface area contributed by atoms with Crippen LogP contribution in [-0.2, 0) is 10.0 Å². The first-order valence-electron chi connectivity index (χ1n) is 9.21. The van der Waals surface area contributed by atoms with Crippen molar-refractivity contribution in [1.29, 1.82) is 0 Å². The van der Waals surface area contributed by atoms with Gasteiger partial charge in [-0.25, -0.2) is 12.8 Å². The first kappa shape index (κ1) is 19.9. The SMILES string of the molecule is COc1cccc(S(=O)(=O)N2CCCC(c3nnc(-c4ccccc4F)s3)C2)c1. The van der Waals surface area contributed by atoms with Crippen LogP contribution in [0.5, 0.6) is 5.75 Å². The fraction of sp³-hybridized carbons (Fsp3) is 0.300. The topological polar surface area (TPSA) is 72.4 Å². The maximum Gasteiger partial charge on any atom is 0.243 e. The highest BCUT2D eigenvalue weighted by Crippen LogP contribution is 2.35. The summed E-state index contributed by atoms with van der Waals surface area (Å²) < 4.78 is 46.9. The van der Waals surface area contributed by atoms with E-state index >= 15 is 0 Å². The number of sulfonamides is 1. The summed E-state index contributed by atoms with van der Waals surface area (Å²) in [6.07, 6.45) is 1.54. The molecule has 1 aromatic heterocycles. The van der Waals surface area contributed by atoms with Crippen LogP contribution in [0.15, 0.2) is 53.4 Å². The lowest BCUT2D eigenvalue weighted by atomic mass is 10.0. The van der Waals surface area contributed by atoms with Crippen LogP contribution in [0.3, 0.4) is 0 Å². The van der Waals surface area contributed by atoms with Crippen molar-refractivity contribution in [1.82, 2.24) is 14.5 Å². The van der Waals surface area contributed by atoms with Gasteiger partial charge < -0.3 is 4.74 Å². The Morgan fingerprint density at radius 2 is 2.00 bits per heavy atom. The van der Waals surface area contributed by atoms with Gasteiger partial charge in [0.15, 0.2) is 5.01 Å². The number of aromatic nitrogens is 2. The second-order valence-electron chi connectivity index (χ2n) is 6.81. The second-order valence-corrected chi connectivity index (χ2v) is 9.75. The molecule has 0 spiro atoms. The molecule has 3 aromatic rings. The highest BCUT2D eigenvalue weighted by atomic mass is 32.2. The van der Waals surface area contributed by atoms with Gasteiger partial charge in [0.05, 0.1) is 12.0 Å². The molecule has 0 radical (unpaired) electrons. The number of benzene rings is 2. The lowest BCUT2D eigenvalue weighted by molar-refractivity contribution is 0.314. The van der Waals surface area contributed by atoms with E-state index in [4.69, 9.17) is 4.74 Å². The maximum absolute atomic E-state index is 14.0. The Labute approximate surface area is 173 Å². The molecule has 1 saturated heterocycles. The van der Waals surface area contributed by atoms with Crippen LogP contribution < -0.4 is 4.74 Å². The third-order valence-electron chi connectivity index (χ3n) is 4.96. The van der Waals surface area contributed by atoms with Crippen LogP contribution in [0.2, 0.25) is 0 Å². The summed E-state index contributed by atoms with van der Waals surface area (Å²) in [5, 5.41) is 9.60. The molecule has 6 nitrogen and oxygen atoms in total. The predicted octanol–water partition coefficient (Wildman–Crippen LogP) is 3.92. The average molecular weight is 434 g/mol. The number of methoxy groups -OCH3 is 1. The number of piperidine rings is 1. The van der Waals surface area contributed by atoms with E-state index in [1.165, 1.54) is 34.9 Å². The minimum absolute atomic E-state index is 0.0674. The molecule has 1 unspecified atom stereocenters. The average Bonchev–Trinajstić information content (AvgIpc) is 3.24. The van der Waals surface area contributed by atoms with Gasteiger partial charge in [-0.05, 0) is 37.1 Å². The molecule has 2 aromatic carbocycles. The number of rotatable bonds is 5. The summed E-state index contributed by atoms with van der Waals surface area (Å²) in [6.45, 7) is 0.778. The lowest BCUT2D eigenvalue weighted by Gasteiger charge is -2.30. The molecule has 0 saturated carbocycles. The van der Waals surface area contributed by atoms with Gasteiger partial charge in [0.1, 0.15) is 16.6 Å². The maximum atomic E-state index is 14.0. The molecule has 0 aliphatic carbocycles. The lowest BCUT2D eigenvalue weighted by Crippen LogP contribution is -2.39. The number of ether oxygens (including phenoxy) is 1. The normalized spacial score (nSPS) is 17.9. The molecule has 1 aliphatic heterocycles. The molecule has 1 atom stereocenters. The van der Waals surface area contributed by atoms with Crippen molar-refractivity contribution in [2.45, 2.75) is 23.7 Å². The molecule has 152 valence electrons. The van der Waals surface area contributed by atoms with Crippen LogP contribution in [0.25, 0.3) is 10.6 Å². The molecular weight excluding hydrogens is 413 g/mol. The Balaban J connectivity index is 1.57. The molecule has 1 aliphatic rings. The zero-order valence-corrected chi connectivity index (χ0v) is 17.4. The van der Waals surface area contributed by atoms with Gasteiger partial charge in [-0.2, -0.15) is 4.31 Å². The Bertz CT molecular complexity index is 1120. The molecular formula is C20H20FN3O3S2. The van der Waals surface area contributed by atoms with E-state index in [-0.39, 0.29) is 16.6 Å². The largest absolute Gasteiger partial charge is 0.497 e. The van der Waals surface area contributed by atoms with Crippen molar-refractivity contribution in [2.75, 3.05) is 20.2 Å². The van der Waals surface area contributed by atoms with Crippen molar-refractivity contribution >= 4 is 21.4 Å². The molecule has 2 heterocycles. The summed E-state index contributed by atoms with van der Waals surface area (Å²) in [5.74, 6) is 0.0847. The Hall–Kier alpha value is -2.36. The van der Waals surface area contributed by atoms with Crippen LogP contribution in [0.1, 0.15) is 23.8 Å². The van der Waals surface area contributed by atoms with Gasteiger partial charge in [0, 0.05) is 30.6 Å². The Kier molecular flexibility index (Phi) is 5.62. The van der Waals surface area contributed by atoms with Crippen molar-refractivity contribution in [2.24, 2.45) is 0 Å². The summed E-state index contributed by atoms with van der Waals surface area (Å²) in [4.78, 5) is 0.210.